The van der Waals surface area contributed by atoms with E-state index in [0.717, 1.165) is 4.98 Å². The largest absolute Gasteiger partial charge is 0.460 e. The van der Waals surface area contributed by atoms with E-state index in [1.807, 2.05) is 0 Å². The smallest absolute Gasteiger partial charge is 0.321 e. The van der Waals surface area contributed by atoms with Gasteiger partial charge in [0.2, 0.25) is 5.56 Å². The predicted octanol–water partition coefficient (Wildman–Crippen LogP) is 5.21. The Labute approximate surface area is 148 Å². The minimum Gasteiger partial charge on any atom is -0.321 e. The van der Waals surface area contributed by atoms with Crippen LogP contribution in [0.25, 0.3) is 0 Å². The van der Waals surface area contributed by atoms with Crippen molar-refractivity contribution in [1.82, 2.24) is 4.98 Å². The maximum absolute atomic E-state index is 13.7. The van der Waals surface area contributed by atoms with Crippen molar-refractivity contribution in [3.05, 3.63) is 34.2 Å². The maximum Gasteiger partial charge on any atom is 0.460 e. The van der Waals surface area contributed by atoms with Crippen molar-refractivity contribution >= 4 is 0 Å². The average molecular weight is 463 g/mol. The molecular formula is C12H4F15NO. The highest BCUT2D eigenvalue weighted by atomic mass is 19.4. The summed E-state index contributed by atoms with van der Waals surface area (Å²) in [6.45, 7) is 0. The van der Waals surface area contributed by atoms with Gasteiger partial charge in [-0.1, -0.05) is 6.07 Å². The molecule has 0 aliphatic heterocycles. The molecule has 0 aliphatic carbocycles. The Hall–Kier alpha value is -2.10. The summed E-state index contributed by atoms with van der Waals surface area (Å²) in [6, 6.07) is 0.287. The van der Waals surface area contributed by atoms with Crippen LogP contribution >= 0.6 is 0 Å². The molecule has 1 heterocycles. The van der Waals surface area contributed by atoms with E-state index in [2.05, 4.69) is 0 Å². The Kier molecular flexibility index (Phi) is 5.55. The molecule has 0 aromatic carbocycles. The molecule has 29 heavy (non-hydrogen) atoms. The normalized spacial score (nSPS) is 15.6. The molecule has 0 fully saturated rings. The van der Waals surface area contributed by atoms with Crippen LogP contribution in [0.2, 0.25) is 0 Å². The van der Waals surface area contributed by atoms with Gasteiger partial charge in [0.1, 0.15) is 0 Å². The number of nitrogens with one attached hydrogen (secondary N) is 1. The fourth-order valence-corrected chi connectivity index (χ4v) is 1.77. The first-order valence-corrected chi connectivity index (χ1v) is 6.53. The van der Waals surface area contributed by atoms with Crippen LogP contribution < -0.4 is 5.56 Å². The van der Waals surface area contributed by atoms with Crippen LogP contribution in [0.1, 0.15) is 5.69 Å². The van der Waals surface area contributed by atoms with Crippen LogP contribution in [0, 0.1) is 0 Å². The standard InChI is InChI=1S/C12H4F15NO/c13-6(14,4-2-1-3-5(29)28-4)7(15,16)8(17,18)9(19,20)10(21,22)11(23,24)12(25,26)27/h1-3H,(H,28,29). The molecule has 0 amide bonds. The summed E-state index contributed by atoms with van der Waals surface area (Å²) < 4.78 is 195. The minimum atomic E-state index is -8.36. The Morgan fingerprint density at radius 3 is 1.31 bits per heavy atom. The van der Waals surface area contributed by atoms with Crippen molar-refractivity contribution in [3.8, 4) is 0 Å². The van der Waals surface area contributed by atoms with Crippen molar-refractivity contribution in [2.45, 2.75) is 41.7 Å². The van der Waals surface area contributed by atoms with E-state index in [4.69, 9.17) is 0 Å². The molecule has 0 atom stereocenters. The first kappa shape index (κ1) is 24.9. The van der Waals surface area contributed by atoms with Gasteiger partial charge in [-0.25, -0.2) is 0 Å². The van der Waals surface area contributed by atoms with E-state index in [-0.39, 0.29) is 12.1 Å². The number of pyridine rings is 1. The van der Waals surface area contributed by atoms with Crippen molar-refractivity contribution in [2.24, 2.45) is 0 Å². The third-order valence-electron chi connectivity index (χ3n) is 3.43. The number of aromatic amines is 1. The summed E-state index contributed by atoms with van der Waals surface area (Å²) in [4.78, 5) is 11.6. The van der Waals surface area contributed by atoms with Crippen LogP contribution in [0.5, 0.6) is 0 Å². The number of rotatable bonds is 6. The zero-order valence-corrected chi connectivity index (χ0v) is 12.8. The second-order valence-corrected chi connectivity index (χ2v) is 5.37. The van der Waals surface area contributed by atoms with Gasteiger partial charge in [0, 0.05) is 6.07 Å². The van der Waals surface area contributed by atoms with Crippen molar-refractivity contribution in [3.63, 3.8) is 0 Å². The Balaban J connectivity index is 3.67. The minimum absolute atomic E-state index is 0.209. The Bertz CT molecular complexity index is 806. The molecule has 168 valence electrons. The average Bonchev–Trinajstić information content (AvgIpc) is 2.52. The predicted molar refractivity (Wildman–Crippen MR) is 61.7 cm³/mol. The first-order valence-electron chi connectivity index (χ1n) is 6.53. The second-order valence-electron chi connectivity index (χ2n) is 5.37. The number of H-pyrrole nitrogens is 1. The van der Waals surface area contributed by atoms with Gasteiger partial charge < -0.3 is 4.98 Å². The fourth-order valence-electron chi connectivity index (χ4n) is 1.77. The highest BCUT2D eigenvalue weighted by molar-refractivity contribution is 5.20. The lowest BCUT2D eigenvalue weighted by Gasteiger charge is -2.41. The first-order chi connectivity index (χ1) is 12.5. The van der Waals surface area contributed by atoms with Crippen molar-refractivity contribution in [1.29, 1.82) is 0 Å². The third-order valence-corrected chi connectivity index (χ3v) is 3.43. The molecule has 1 N–H and O–H groups in total. The van der Waals surface area contributed by atoms with Gasteiger partial charge in [0.25, 0.3) is 0 Å². The molecule has 0 aliphatic rings. The van der Waals surface area contributed by atoms with E-state index in [1.165, 1.54) is 0 Å². The monoisotopic (exact) mass is 463 g/mol. The topological polar surface area (TPSA) is 32.9 Å². The van der Waals surface area contributed by atoms with Crippen LogP contribution in [-0.4, -0.2) is 40.8 Å². The van der Waals surface area contributed by atoms with E-state index < -0.39 is 53.0 Å². The van der Waals surface area contributed by atoms with E-state index in [1.54, 1.807) is 0 Å². The number of alkyl halides is 15. The number of hydrogen-bond acceptors (Lipinski definition) is 1. The molecule has 0 spiro atoms. The lowest BCUT2D eigenvalue weighted by Crippen LogP contribution is -2.72. The van der Waals surface area contributed by atoms with Crippen LogP contribution in [0.15, 0.2) is 23.0 Å². The van der Waals surface area contributed by atoms with E-state index in [9.17, 15) is 70.7 Å². The van der Waals surface area contributed by atoms with Crippen LogP contribution in [-0.2, 0) is 5.92 Å². The molecule has 1 aromatic heterocycles. The number of halogens is 15. The summed E-state index contributed by atoms with van der Waals surface area (Å²) in [7, 11) is 0. The van der Waals surface area contributed by atoms with Gasteiger partial charge in [-0.2, -0.15) is 65.9 Å². The molecule has 2 nitrogen and oxygen atoms in total. The second kappa shape index (κ2) is 6.45. The van der Waals surface area contributed by atoms with Crippen LogP contribution in [0.4, 0.5) is 65.9 Å². The summed E-state index contributed by atoms with van der Waals surface area (Å²) in [5.74, 6) is -47.2. The fraction of sp³-hybridized carbons (Fsp3) is 0.583. The summed E-state index contributed by atoms with van der Waals surface area (Å²) >= 11 is 0. The summed E-state index contributed by atoms with van der Waals surface area (Å²) in [5, 5.41) is 0. The Morgan fingerprint density at radius 1 is 0.552 bits per heavy atom. The molecule has 0 saturated heterocycles. The van der Waals surface area contributed by atoms with Gasteiger partial charge in [-0.05, 0) is 6.07 Å². The molecule has 17 heteroatoms. The molecule has 0 unspecified atom stereocenters. The van der Waals surface area contributed by atoms with Crippen molar-refractivity contribution < 1.29 is 65.9 Å². The SMILES string of the molecule is O=c1cccc(C(F)(F)C(F)(F)C(F)(F)C(F)(F)C(F)(F)C(F)(F)C(F)(F)F)[nH]1. The molecule has 0 saturated carbocycles. The lowest BCUT2D eigenvalue weighted by atomic mass is 9.90. The summed E-state index contributed by atoms with van der Waals surface area (Å²) in [5.41, 5.74) is -4.24. The van der Waals surface area contributed by atoms with Gasteiger partial charge in [0.05, 0.1) is 5.69 Å². The number of aromatic nitrogens is 1. The quantitative estimate of drug-likeness (QED) is 0.578. The van der Waals surface area contributed by atoms with E-state index >= 15 is 0 Å². The summed E-state index contributed by atoms with van der Waals surface area (Å²) in [6.07, 6.45) is -7.65. The van der Waals surface area contributed by atoms with Gasteiger partial charge >= 0.3 is 41.7 Å². The molecule has 1 aromatic rings. The van der Waals surface area contributed by atoms with E-state index in [0.29, 0.717) is 6.07 Å². The van der Waals surface area contributed by atoms with Crippen molar-refractivity contribution in [2.75, 3.05) is 0 Å². The maximum atomic E-state index is 13.7. The lowest BCUT2D eigenvalue weighted by molar-refractivity contribution is -0.454. The molecule has 0 bridgehead atoms. The zero-order valence-electron chi connectivity index (χ0n) is 12.8. The van der Waals surface area contributed by atoms with Gasteiger partial charge in [0.15, 0.2) is 0 Å². The number of hydrogen-bond donors (Lipinski definition) is 1. The molecular weight excluding hydrogens is 459 g/mol. The zero-order chi connectivity index (χ0) is 23.5. The van der Waals surface area contributed by atoms with Gasteiger partial charge in [-0.3, -0.25) is 4.79 Å². The third kappa shape index (κ3) is 3.21. The highest BCUT2D eigenvalue weighted by Crippen LogP contribution is 2.63. The Morgan fingerprint density at radius 2 is 0.931 bits per heavy atom. The molecule has 1 rings (SSSR count). The van der Waals surface area contributed by atoms with Crippen LogP contribution in [0.3, 0.4) is 0 Å². The highest BCUT2D eigenvalue weighted by Gasteiger charge is 2.93. The van der Waals surface area contributed by atoms with Gasteiger partial charge in [-0.15, -0.1) is 0 Å². The molecule has 0 radical (unpaired) electrons.